The Bertz CT molecular complexity index is 1260. The molecule has 4 rings (SSSR count). The van der Waals surface area contributed by atoms with E-state index in [4.69, 9.17) is 32.7 Å². The minimum atomic E-state index is -0.501. The van der Waals surface area contributed by atoms with Crippen LogP contribution in [-0.4, -0.2) is 23.9 Å². The number of amides is 3. The van der Waals surface area contributed by atoms with Crippen molar-refractivity contribution in [1.82, 2.24) is 10.2 Å². The standard InChI is InChI=1S/C25H19BrCl2N2O4/c1-33-22-12-17(10-20(28)23(22)34-14-16-2-6-18(26)7-3-16)11-21-24(31)30(25(32)29-21)13-15-4-8-19(27)9-5-15/h2-12H,13-14H2,1H3,(H,29,32)/b21-11-. The summed E-state index contributed by atoms with van der Waals surface area (Å²) in [6, 6.07) is 17.5. The van der Waals surface area contributed by atoms with Crippen molar-refractivity contribution >= 4 is 57.1 Å². The number of rotatable bonds is 7. The SMILES string of the molecule is COc1cc(/C=C2\NC(=O)N(Cc3ccc(Cl)cc3)C2=O)cc(Cl)c1OCc1ccc(Br)cc1. The first-order chi connectivity index (χ1) is 16.3. The van der Waals surface area contributed by atoms with Crippen LogP contribution in [0.15, 0.2) is 70.8 Å². The number of carbonyl (C=O) groups is 2. The normalized spacial score (nSPS) is 14.5. The lowest BCUT2D eigenvalue weighted by atomic mass is 10.1. The molecule has 1 aliphatic heterocycles. The molecule has 0 radical (unpaired) electrons. The number of ether oxygens (including phenoxy) is 2. The number of nitrogens with zero attached hydrogens (tertiary/aromatic N) is 1. The molecule has 0 atom stereocenters. The van der Waals surface area contributed by atoms with Crippen molar-refractivity contribution < 1.29 is 19.1 Å². The number of hydrogen-bond donors (Lipinski definition) is 1. The average molecular weight is 562 g/mol. The van der Waals surface area contributed by atoms with Gasteiger partial charge >= 0.3 is 6.03 Å². The van der Waals surface area contributed by atoms with E-state index < -0.39 is 11.9 Å². The maximum absolute atomic E-state index is 12.8. The Kier molecular flexibility index (Phi) is 7.46. The van der Waals surface area contributed by atoms with Crippen molar-refractivity contribution in [2.45, 2.75) is 13.2 Å². The van der Waals surface area contributed by atoms with Crippen LogP contribution in [0.1, 0.15) is 16.7 Å². The quantitative estimate of drug-likeness (QED) is 0.266. The van der Waals surface area contributed by atoms with Gasteiger partial charge in [0.2, 0.25) is 0 Å². The molecule has 1 fully saturated rings. The fourth-order valence-corrected chi connectivity index (χ4v) is 4.02. The van der Waals surface area contributed by atoms with Gasteiger partial charge in [0.15, 0.2) is 11.5 Å². The zero-order valence-corrected chi connectivity index (χ0v) is 21.1. The zero-order chi connectivity index (χ0) is 24.2. The molecule has 174 valence electrons. The summed E-state index contributed by atoms with van der Waals surface area (Å²) in [5, 5.41) is 3.51. The van der Waals surface area contributed by atoms with Crippen LogP contribution in [-0.2, 0) is 17.9 Å². The van der Waals surface area contributed by atoms with Gasteiger partial charge in [-0.3, -0.25) is 9.69 Å². The van der Waals surface area contributed by atoms with Crippen LogP contribution in [0.2, 0.25) is 10.0 Å². The molecule has 1 heterocycles. The van der Waals surface area contributed by atoms with Gasteiger partial charge in [-0.2, -0.15) is 0 Å². The predicted molar refractivity (Wildman–Crippen MR) is 135 cm³/mol. The second kappa shape index (κ2) is 10.5. The van der Waals surface area contributed by atoms with E-state index in [9.17, 15) is 9.59 Å². The van der Waals surface area contributed by atoms with E-state index in [1.165, 1.54) is 7.11 Å². The second-order valence-electron chi connectivity index (χ2n) is 7.46. The van der Waals surface area contributed by atoms with E-state index in [1.54, 1.807) is 42.5 Å². The molecule has 1 saturated heterocycles. The number of nitrogens with one attached hydrogen (secondary N) is 1. The molecule has 0 saturated carbocycles. The van der Waals surface area contributed by atoms with Gasteiger partial charge in [-0.15, -0.1) is 0 Å². The van der Waals surface area contributed by atoms with E-state index in [2.05, 4.69) is 21.2 Å². The summed E-state index contributed by atoms with van der Waals surface area (Å²) in [7, 11) is 1.51. The molecule has 9 heteroatoms. The summed E-state index contributed by atoms with van der Waals surface area (Å²) in [6.07, 6.45) is 1.55. The lowest BCUT2D eigenvalue weighted by Gasteiger charge is -2.14. The molecule has 0 spiro atoms. The average Bonchev–Trinajstić information content (AvgIpc) is 3.07. The third-order valence-electron chi connectivity index (χ3n) is 5.08. The van der Waals surface area contributed by atoms with Crippen LogP contribution < -0.4 is 14.8 Å². The molecule has 6 nitrogen and oxygen atoms in total. The summed E-state index contributed by atoms with van der Waals surface area (Å²) >= 11 is 15.8. The van der Waals surface area contributed by atoms with Gasteiger partial charge in [0.25, 0.3) is 5.91 Å². The lowest BCUT2D eigenvalue weighted by molar-refractivity contribution is -0.123. The Balaban J connectivity index is 1.52. The van der Waals surface area contributed by atoms with Gasteiger partial charge in [0.05, 0.1) is 18.7 Å². The Morgan fingerprint density at radius 1 is 1.00 bits per heavy atom. The van der Waals surface area contributed by atoms with Crippen molar-refractivity contribution in [1.29, 1.82) is 0 Å². The van der Waals surface area contributed by atoms with Gasteiger partial charge in [-0.1, -0.05) is 63.4 Å². The maximum atomic E-state index is 12.8. The van der Waals surface area contributed by atoms with E-state index in [0.717, 1.165) is 20.5 Å². The fourth-order valence-electron chi connectivity index (χ4n) is 3.35. The first-order valence-corrected chi connectivity index (χ1v) is 11.7. The molecule has 0 unspecified atom stereocenters. The number of methoxy groups -OCH3 is 1. The van der Waals surface area contributed by atoms with Crippen LogP contribution >= 0.6 is 39.1 Å². The third kappa shape index (κ3) is 5.55. The molecule has 3 aromatic rings. The molecule has 3 aromatic carbocycles. The highest BCUT2D eigenvalue weighted by molar-refractivity contribution is 9.10. The van der Waals surface area contributed by atoms with Gasteiger partial charge < -0.3 is 14.8 Å². The first-order valence-electron chi connectivity index (χ1n) is 10.2. The highest BCUT2D eigenvalue weighted by Crippen LogP contribution is 2.37. The predicted octanol–water partition coefficient (Wildman–Crippen LogP) is 6.44. The van der Waals surface area contributed by atoms with Crippen molar-refractivity contribution in [3.8, 4) is 11.5 Å². The number of halogens is 3. The number of urea groups is 1. The summed E-state index contributed by atoms with van der Waals surface area (Å²) in [6.45, 7) is 0.435. The maximum Gasteiger partial charge on any atom is 0.329 e. The largest absolute Gasteiger partial charge is 0.493 e. The van der Waals surface area contributed by atoms with Gasteiger partial charge in [0, 0.05) is 9.50 Å². The van der Waals surface area contributed by atoms with E-state index in [1.807, 2.05) is 24.3 Å². The van der Waals surface area contributed by atoms with Crippen LogP contribution in [0.3, 0.4) is 0 Å². The van der Waals surface area contributed by atoms with Crippen molar-refractivity contribution in [2.24, 2.45) is 0 Å². The molecule has 0 aliphatic carbocycles. The second-order valence-corrected chi connectivity index (χ2v) is 9.21. The molecular weight excluding hydrogens is 543 g/mol. The summed E-state index contributed by atoms with van der Waals surface area (Å²) in [5.41, 5.74) is 2.47. The van der Waals surface area contributed by atoms with E-state index in [0.29, 0.717) is 33.7 Å². The minimum absolute atomic E-state index is 0.131. The van der Waals surface area contributed by atoms with Crippen molar-refractivity contribution in [3.63, 3.8) is 0 Å². The van der Waals surface area contributed by atoms with Crippen LogP contribution in [0.4, 0.5) is 4.79 Å². The van der Waals surface area contributed by atoms with Crippen LogP contribution in [0.25, 0.3) is 6.08 Å². The van der Waals surface area contributed by atoms with E-state index >= 15 is 0 Å². The summed E-state index contributed by atoms with van der Waals surface area (Å²) < 4.78 is 12.3. The zero-order valence-electron chi connectivity index (χ0n) is 18.0. The molecular formula is C25H19BrCl2N2O4. The molecule has 0 bridgehead atoms. The molecule has 0 aromatic heterocycles. The minimum Gasteiger partial charge on any atom is -0.493 e. The smallest absolute Gasteiger partial charge is 0.329 e. The highest BCUT2D eigenvalue weighted by Gasteiger charge is 2.33. The molecule has 34 heavy (non-hydrogen) atoms. The Morgan fingerprint density at radius 2 is 1.68 bits per heavy atom. The van der Waals surface area contributed by atoms with E-state index in [-0.39, 0.29) is 12.2 Å². The summed E-state index contributed by atoms with van der Waals surface area (Å²) in [4.78, 5) is 26.4. The fraction of sp³-hybridized carbons (Fsp3) is 0.120. The van der Waals surface area contributed by atoms with Crippen LogP contribution in [0.5, 0.6) is 11.5 Å². The Morgan fingerprint density at radius 3 is 2.35 bits per heavy atom. The number of benzene rings is 3. The number of carbonyl (C=O) groups excluding carboxylic acids is 2. The topological polar surface area (TPSA) is 67.9 Å². The number of imide groups is 1. The van der Waals surface area contributed by atoms with Gasteiger partial charge in [-0.05, 0) is 59.2 Å². The van der Waals surface area contributed by atoms with Crippen molar-refractivity contribution in [3.05, 3.63) is 97.6 Å². The number of hydrogen-bond acceptors (Lipinski definition) is 4. The molecule has 1 N–H and O–H groups in total. The first kappa shape index (κ1) is 24.1. The van der Waals surface area contributed by atoms with Gasteiger partial charge in [0.1, 0.15) is 12.3 Å². The molecule has 1 aliphatic rings. The lowest BCUT2D eigenvalue weighted by Crippen LogP contribution is -2.30. The molecule has 3 amide bonds. The monoisotopic (exact) mass is 560 g/mol. The summed E-state index contributed by atoms with van der Waals surface area (Å²) in [5.74, 6) is 0.359. The van der Waals surface area contributed by atoms with Gasteiger partial charge in [-0.25, -0.2) is 4.79 Å². The Labute approximate surface area is 215 Å². The third-order valence-corrected chi connectivity index (χ3v) is 6.14. The van der Waals surface area contributed by atoms with Crippen LogP contribution in [0, 0.1) is 0 Å². The van der Waals surface area contributed by atoms with Crippen molar-refractivity contribution in [2.75, 3.05) is 7.11 Å². The highest BCUT2D eigenvalue weighted by atomic mass is 79.9. The Hall–Kier alpha value is -3.00.